The summed E-state index contributed by atoms with van der Waals surface area (Å²) < 4.78 is 21.5. The Bertz CT molecular complexity index is 1380. The molecule has 0 aliphatic heterocycles. The second kappa shape index (κ2) is 11.5. The number of rotatable bonds is 10. The van der Waals surface area contributed by atoms with Crippen LogP contribution in [0, 0.1) is 0 Å². The molecule has 11 heteroatoms. The molecule has 0 saturated heterocycles. The number of hydrogen-bond acceptors (Lipinski definition) is 7. The summed E-state index contributed by atoms with van der Waals surface area (Å²) >= 11 is 9.43. The first-order chi connectivity index (χ1) is 17.1. The van der Waals surface area contributed by atoms with Crippen LogP contribution in [-0.2, 0) is 21.2 Å². The highest BCUT2D eigenvalue weighted by Gasteiger charge is 2.29. The molecular weight excluding hydrogens is 539 g/mol. The van der Waals surface area contributed by atoms with Crippen LogP contribution in [0.15, 0.2) is 88.0 Å². The summed E-state index contributed by atoms with van der Waals surface area (Å²) in [5.41, 5.74) is 7.48. The summed E-state index contributed by atoms with van der Waals surface area (Å²) in [6, 6.07) is 23.6. The third-order valence-corrected chi connectivity index (χ3v) is 7.91. The second-order valence-corrected chi connectivity index (χ2v) is 11.9. The van der Waals surface area contributed by atoms with Crippen LogP contribution in [0.5, 0.6) is 5.75 Å². The Labute approximate surface area is 222 Å². The lowest BCUT2D eigenvalue weighted by atomic mass is 10.1. The summed E-state index contributed by atoms with van der Waals surface area (Å²) in [5, 5.41) is 2.81. The van der Waals surface area contributed by atoms with E-state index in [0.29, 0.717) is 22.3 Å². The number of halogens is 1. The monoisotopic (exact) mass is 562 g/mol. The molecule has 4 rings (SSSR count). The van der Waals surface area contributed by atoms with Crippen LogP contribution in [0.1, 0.15) is 17.5 Å². The van der Waals surface area contributed by atoms with Crippen LogP contribution in [0.3, 0.4) is 0 Å². The molecule has 0 amide bonds. The van der Waals surface area contributed by atoms with E-state index in [4.69, 9.17) is 31.9 Å². The Balaban J connectivity index is 1.43. The van der Waals surface area contributed by atoms with Gasteiger partial charge in [0.25, 0.3) is 0 Å². The number of hydrogen-bond donors (Lipinski definition) is 3. The molecule has 0 fully saturated rings. The van der Waals surface area contributed by atoms with Crippen molar-refractivity contribution in [1.82, 2.24) is 4.98 Å². The molecule has 0 aliphatic carbocycles. The minimum Gasteiger partial charge on any atom is -0.489 e. The molecule has 0 unspecified atom stereocenters. The van der Waals surface area contributed by atoms with Crippen molar-refractivity contribution in [3.05, 3.63) is 93.8 Å². The highest BCUT2D eigenvalue weighted by Crippen LogP contribution is 2.40. The Morgan fingerprint density at radius 1 is 1.08 bits per heavy atom. The van der Waals surface area contributed by atoms with Gasteiger partial charge in [0, 0.05) is 20.7 Å². The largest absolute Gasteiger partial charge is 0.489 e. The number of nitrogens with two attached hydrogens (primary N) is 1. The number of phosphoric ester groups is 1. The lowest BCUT2D eigenvalue weighted by molar-refractivity contribution is 0.158. The third-order valence-electron chi connectivity index (χ3n) is 5.03. The summed E-state index contributed by atoms with van der Waals surface area (Å²) in [7, 11) is -4.63. The third kappa shape index (κ3) is 7.41. The van der Waals surface area contributed by atoms with Gasteiger partial charge in [-0.05, 0) is 42.8 Å². The number of ether oxygens (including phenoxy) is 1. The van der Waals surface area contributed by atoms with E-state index in [1.54, 1.807) is 24.1 Å². The lowest BCUT2D eigenvalue weighted by Gasteiger charge is -2.21. The second-order valence-electron chi connectivity index (χ2n) is 8.21. The SMILES string of the molecule is C[C@](N)(COP(=O)(O)O)c1nc(-c2ccc(Sc3cccc(OCc4ccccc4)c3)cc2Cl)cs1. The number of phosphoric acid groups is 1. The first kappa shape index (κ1) is 26.9. The fraction of sp³-hybridized carbons (Fsp3) is 0.160. The number of aromatic nitrogens is 1. The minimum absolute atomic E-state index is 0.373. The van der Waals surface area contributed by atoms with Gasteiger partial charge >= 0.3 is 7.82 Å². The maximum absolute atomic E-state index is 11.0. The van der Waals surface area contributed by atoms with Crippen LogP contribution in [0.2, 0.25) is 5.02 Å². The molecule has 188 valence electrons. The molecule has 7 nitrogen and oxygen atoms in total. The number of nitrogens with zero attached hydrogens (tertiary/aromatic N) is 1. The molecule has 1 aromatic heterocycles. The highest BCUT2D eigenvalue weighted by atomic mass is 35.5. The van der Waals surface area contributed by atoms with Gasteiger partial charge in [-0.15, -0.1) is 11.3 Å². The van der Waals surface area contributed by atoms with Gasteiger partial charge in [0.1, 0.15) is 17.4 Å². The Hall–Kier alpha value is -2.20. The fourth-order valence-electron chi connectivity index (χ4n) is 3.21. The maximum Gasteiger partial charge on any atom is 0.469 e. The molecule has 0 bridgehead atoms. The van der Waals surface area contributed by atoms with Crippen LogP contribution in [0.25, 0.3) is 11.3 Å². The van der Waals surface area contributed by atoms with E-state index in [2.05, 4.69) is 9.51 Å². The molecule has 3 aromatic carbocycles. The molecular formula is C25H24ClN2O5PS2. The van der Waals surface area contributed by atoms with Crippen LogP contribution in [-0.4, -0.2) is 21.4 Å². The molecule has 1 heterocycles. The molecule has 4 aromatic rings. The zero-order valence-corrected chi connectivity index (χ0v) is 22.5. The van der Waals surface area contributed by atoms with Crippen LogP contribution < -0.4 is 10.5 Å². The Morgan fingerprint density at radius 3 is 2.56 bits per heavy atom. The maximum atomic E-state index is 11.0. The van der Waals surface area contributed by atoms with E-state index in [1.807, 2.05) is 72.8 Å². The van der Waals surface area contributed by atoms with Crippen molar-refractivity contribution in [3.8, 4) is 17.0 Å². The van der Waals surface area contributed by atoms with Crippen molar-refractivity contribution >= 4 is 42.5 Å². The van der Waals surface area contributed by atoms with Gasteiger partial charge in [-0.1, -0.05) is 65.8 Å². The van der Waals surface area contributed by atoms with Crippen molar-refractivity contribution in [1.29, 1.82) is 0 Å². The van der Waals surface area contributed by atoms with Crippen molar-refractivity contribution in [2.24, 2.45) is 5.73 Å². The van der Waals surface area contributed by atoms with E-state index >= 15 is 0 Å². The molecule has 0 aliphatic rings. The van der Waals surface area contributed by atoms with E-state index in [-0.39, 0.29) is 6.61 Å². The molecule has 36 heavy (non-hydrogen) atoms. The van der Waals surface area contributed by atoms with Gasteiger partial charge in [-0.25, -0.2) is 9.55 Å². The molecule has 1 atom stereocenters. The fourth-order valence-corrected chi connectivity index (χ4v) is 5.78. The summed E-state index contributed by atoms with van der Waals surface area (Å²) in [5.74, 6) is 0.786. The van der Waals surface area contributed by atoms with Crippen LogP contribution >= 0.6 is 42.5 Å². The van der Waals surface area contributed by atoms with E-state index in [1.165, 1.54) is 11.3 Å². The zero-order valence-electron chi connectivity index (χ0n) is 19.2. The highest BCUT2D eigenvalue weighted by molar-refractivity contribution is 7.99. The van der Waals surface area contributed by atoms with Crippen molar-refractivity contribution in [2.75, 3.05) is 6.61 Å². The first-order valence-electron chi connectivity index (χ1n) is 10.8. The quantitative estimate of drug-likeness (QED) is 0.188. The van der Waals surface area contributed by atoms with Crippen molar-refractivity contribution < 1.29 is 23.6 Å². The summed E-state index contributed by atoms with van der Waals surface area (Å²) in [6.45, 7) is 1.73. The Kier molecular flexibility index (Phi) is 8.55. The first-order valence-corrected chi connectivity index (χ1v) is 14.4. The van der Waals surface area contributed by atoms with Gasteiger partial charge < -0.3 is 20.3 Å². The predicted octanol–water partition coefficient (Wildman–Crippen LogP) is 6.48. The van der Waals surface area contributed by atoms with Gasteiger partial charge in [-0.2, -0.15) is 0 Å². The van der Waals surface area contributed by atoms with E-state index < -0.39 is 13.4 Å². The van der Waals surface area contributed by atoms with Crippen LogP contribution in [0.4, 0.5) is 0 Å². The summed E-state index contributed by atoms with van der Waals surface area (Å²) in [4.78, 5) is 24.4. The van der Waals surface area contributed by atoms with Gasteiger partial charge in [0.2, 0.25) is 0 Å². The average molecular weight is 563 g/mol. The molecule has 0 saturated carbocycles. The van der Waals surface area contributed by atoms with E-state index in [0.717, 1.165) is 26.7 Å². The van der Waals surface area contributed by atoms with Crippen molar-refractivity contribution in [3.63, 3.8) is 0 Å². The predicted molar refractivity (Wildman–Crippen MR) is 143 cm³/mol. The minimum atomic E-state index is -4.63. The average Bonchev–Trinajstić information content (AvgIpc) is 3.33. The number of benzene rings is 3. The Morgan fingerprint density at radius 2 is 1.83 bits per heavy atom. The summed E-state index contributed by atoms with van der Waals surface area (Å²) in [6.07, 6.45) is 0. The number of thiazole rings is 1. The molecule has 4 N–H and O–H groups in total. The standard InChI is InChI=1S/C25H24ClN2O5PS2/c1-25(27,16-33-34(29,30)31)24-28-23(15-35-24)21-11-10-20(13-22(21)26)36-19-9-5-8-18(12-19)32-14-17-6-3-2-4-7-17/h2-13,15H,14,16,27H2,1H3,(H2,29,30,31)/t25-/m0/s1. The van der Waals surface area contributed by atoms with Crippen molar-refractivity contribution in [2.45, 2.75) is 28.9 Å². The van der Waals surface area contributed by atoms with Gasteiger partial charge in [-0.3, -0.25) is 4.52 Å². The lowest BCUT2D eigenvalue weighted by Crippen LogP contribution is -2.37. The normalized spacial score (nSPS) is 13.4. The zero-order chi connectivity index (χ0) is 25.8. The smallest absolute Gasteiger partial charge is 0.469 e. The molecule has 0 radical (unpaired) electrons. The van der Waals surface area contributed by atoms with Gasteiger partial charge in [0.15, 0.2) is 0 Å². The molecule has 0 spiro atoms. The van der Waals surface area contributed by atoms with E-state index in [9.17, 15) is 4.57 Å². The topological polar surface area (TPSA) is 115 Å². The van der Waals surface area contributed by atoms with Gasteiger partial charge in [0.05, 0.1) is 22.9 Å².